The molecule has 0 amide bonds. The van der Waals surface area contributed by atoms with Gasteiger partial charge in [-0.15, -0.1) is 0 Å². The van der Waals surface area contributed by atoms with Crippen molar-refractivity contribution in [3.63, 3.8) is 0 Å². The van der Waals surface area contributed by atoms with Crippen LogP contribution < -0.4 is 5.32 Å². The number of hydrogen-bond donors (Lipinski definition) is 2. The van der Waals surface area contributed by atoms with Crippen molar-refractivity contribution in [3.8, 4) is 0 Å². The first-order chi connectivity index (χ1) is 5.72. The second-order valence-electron chi connectivity index (χ2n) is 3.04. The van der Waals surface area contributed by atoms with Crippen LogP contribution in [0, 0.1) is 0 Å². The Morgan fingerprint density at radius 1 is 1.58 bits per heavy atom. The summed E-state index contributed by atoms with van der Waals surface area (Å²) in [4.78, 5) is 10.4. The number of rotatable bonds is 3. The molecule has 2 atom stereocenters. The first-order valence-electron chi connectivity index (χ1n) is 4.30. The molecule has 0 saturated carbocycles. The Balaban J connectivity index is 2.30. The summed E-state index contributed by atoms with van der Waals surface area (Å²) in [6.07, 6.45) is 1.07. The molecule has 1 fully saturated rings. The lowest BCUT2D eigenvalue weighted by Gasteiger charge is -2.29. The van der Waals surface area contributed by atoms with Crippen LogP contribution in [0.4, 0.5) is 0 Å². The van der Waals surface area contributed by atoms with Gasteiger partial charge in [0, 0.05) is 13.1 Å². The van der Waals surface area contributed by atoms with Crippen LogP contribution in [0.3, 0.4) is 0 Å². The van der Waals surface area contributed by atoms with Crippen LogP contribution in [-0.2, 0) is 9.53 Å². The Morgan fingerprint density at radius 2 is 2.25 bits per heavy atom. The number of aliphatic carboxylic acids is 1. The van der Waals surface area contributed by atoms with Gasteiger partial charge in [0.15, 0.2) is 0 Å². The van der Waals surface area contributed by atoms with Crippen molar-refractivity contribution in [1.82, 2.24) is 5.32 Å². The van der Waals surface area contributed by atoms with Crippen LogP contribution >= 0.6 is 0 Å². The zero-order valence-corrected chi connectivity index (χ0v) is 7.25. The predicted octanol–water partition coefficient (Wildman–Crippen LogP) is 0.228. The van der Waals surface area contributed by atoms with Gasteiger partial charge in [-0.2, -0.15) is 0 Å². The molecular formula is C8H15NO3. The van der Waals surface area contributed by atoms with Crippen molar-refractivity contribution >= 4 is 5.97 Å². The van der Waals surface area contributed by atoms with E-state index in [0.29, 0.717) is 6.54 Å². The van der Waals surface area contributed by atoms with Crippen molar-refractivity contribution in [2.24, 2.45) is 0 Å². The quantitative estimate of drug-likeness (QED) is 0.641. The molecule has 0 aromatic heterocycles. The largest absolute Gasteiger partial charge is 0.481 e. The van der Waals surface area contributed by atoms with Crippen molar-refractivity contribution in [2.45, 2.75) is 32.0 Å². The van der Waals surface area contributed by atoms with E-state index < -0.39 is 5.97 Å². The van der Waals surface area contributed by atoms with E-state index in [-0.39, 0.29) is 18.6 Å². The van der Waals surface area contributed by atoms with Crippen LogP contribution in [0.5, 0.6) is 0 Å². The first-order valence-corrected chi connectivity index (χ1v) is 4.30. The Bertz CT molecular complexity index is 160. The van der Waals surface area contributed by atoms with E-state index in [2.05, 4.69) is 5.32 Å². The fourth-order valence-corrected chi connectivity index (χ4v) is 1.33. The van der Waals surface area contributed by atoms with Crippen LogP contribution in [-0.4, -0.2) is 36.4 Å². The molecule has 0 spiro atoms. The molecule has 4 heteroatoms. The molecule has 1 rings (SSSR count). The second kappa shape index (κ2) is 4.42. The van der Waals surface area contributed by atoms with E-state index in [4.69, 9.17) is 9.84 Å². The van der Waals surface area contributed by atoms with E-state index in [0.717, 1.165) is 13.0 Å². The molecule has 1 aliphatic heterocycles. The lowest BCUT2D eigenvalue weighted by atomic mass is 10.1. The Labute approximate surface area is 71.9 Å². The first kappa shape index (κ1) is 9.48. The van der Waals surface area contributed by atoms with E-state index in [1.54, 1.807) is 0 Å². The molecule has 0 radical (unpaired) electrons. The SMILES string of the molecule is CCC1CNCC(CC(=O)O)O1. The smallest absolute Gasteiger partial charge is 0.306 e. The number of carbonyl (C=O) groups is 1. The molecule has 2 N–H and O–H groups in total. The Kier molecular flexibility index (Phi) is 3.49. The molecule has 2 unspecified atom stereocenters. The third-order valence-electron chi connectivity index (χ3n) is 1.99. The molecule has 1 saturated heterocycles. The minimum Gasteiger partial charge on any atom is -0.481 e. The monoisotopic (exact) mass is 173 g/mol. The van der Waals surface area contributed by atoms with Gasteiger partial charge in [0.05, 0.1) is 18.6 Å². The molecule has 1 aliphatic rings. The number of morpholine rings is 1. The number of carboxylic acids is 1. The molecule has 0 bridgehead atoms. The summed E-state index contributed by atoms with van der Waals surface area (Å²) >= 11 is 0. The van der Waals surface area contributed by atoms with Gasteiger partial charge >= 0.3 is 5.97 Å². The van der Waals surface area contributed by atoms with Gasteiger partial charge in [0.2, 0.25) is 0 Å². The maximum atomic E-state index is 10.4. The predicted molar refractivity (Wildman–Crippen MR) is 44.1 cm³/mol. The topological polar surface area (TPSA) is 58.6 Å². The van der Waals surface area contributed by atoms with Gasteiger partial charge in [-0.3, -0.25) is 4.79 Å². The highest BCUT2D eigenvalue weighted by Crippen LogP contribution is 2.09. The lowest BCUT2D eigenvalue weighted by molar-refractivity contribution is -0.142. The van der Waals surface area contributed by atoms with Crippen LogP contribution in [0.1, 0.15) is 19.8 Å². The molecule has 0 aromatic rings. The van der Waals surface area contributed by atoms with Crippen LogP contribution in [0.15, 0.2) is 0 Å². The maximum absolute atomic E-state index is 10.4. The van der Waals surface area contributed by atoms with Crippen molar-refractivity contribution in [3.05, 3.63) is 0 Å². The maximum Gasteiger partial charge on any atom is 0.306 e. The van der Waals surface area contributed by atoms with Gasteiger partial charge in [-0.05, 0) is 6.42 Å². The highest BCUT2D eigenvalue weighted by Gasteiger charge is 2.22. The van der Waals surface area contributed by atoms with Gasteiger partial charge in [0.1, 0.15) is 0 Å². The van der Waals surface area contributed by atoms with Crippen molar-refractivity contribution in [2.75, 3.05) is 13.1 Å². The number of carboxylic acid groups (broad SMARTS) is 1. The Hall–Kier alpha value is -0.610. The number of nitrogens with one attached hydrogen (secondary N) is 1. The highest BCUT2D eigenvalue weighted by molar-refractivity contribution is 5.67. The number of ether oxygens (including phenoxy) is 1. The zero-order valence-electron chi connectivity index (χ0n) is 7.25. The molecule has 70 valence electrons. The standard InChI is InChI=1S/C8H15NO3/c1-2-6-4-9-5-7(12-6)3-8(10)11/h6-7,9H,2-5H2,1H3,(H,10,11). The van der Waals surface area contributed by atoms with E-state index in [1.165, 1.54) is 0 Å². The molecule has 1 heterocycles. The molecule has 4 nitrogen and oxygen atoms in total. The van der Waals surface area contributed by atoms with Gasteiger partial charge in [0.25, 0.3) is 0 Å². The minimum atomic E-state index is -0.793. The highest BCUT2D eigenvalue weighted by atomic mass is 16.5. The summed E-state index contributed by atoms with van der Waals surface area (Å²) in [5.41, 5.74) is 0. The van der Waals surface area contributed by atoms with E-state index in [1.807, 2.05) is 6.92 Å². The van der Waals surface area contributed by atoms with Gasteiger partial charge in [-0.1, -0.05) is 6.92 Å². The van der Waals surface area contributed by atoms with Crippen LogP contribution in [0.2, 0.25) is 0 Å². The summed E-state index contributed by atoms with van der Waals surface area (Å²) in [6.45, 7) is 3.53. The summed E-state index contributed by atoms with van der Waals surface area (Å²) < 4.78 is 5.50. The second-order valence-corrected chi connectivity index (χ2v) is 3.04. The number of hydrogen-bond acceptors (Lipinski definition) is 3. The lowest BCUT2D eigenvalue weighted by Crippen LogP contribution is -2.45. The van der Waals surface area contributed by atoms with Gasteiger partial charge < -0.3 is 15.2 Å². The molecule has 0 aromatic carbocycles. The summed E-state index contributed by atoms with van der Waals surface area (Å²) in [6, 6.07) is 0. The summed E-state index contributed by atoms with van der Waals surface area (Å²) in [5, 5.41) is 11.7. The van der Waals surface area contributed by atoms with Crippen molar-refractivity contribution in [1.29, 1.82) is 0 Å². The molecule has 0 aliphatic carbocycles. The van der Waals surface area contributed by atoms with Crippen molar-refractivity contribution < 1.29 is 14.6 Å². The fourth-order valence-electron chi connectivity index (χ4n) is 1.33. The zero-order chi connectivity index (χ0) is 8.97. The minimum absolute atomic E-state index is 0.101. The average molecular weight is 173 g/mol. The average Bonchev–Trinajstić information content (AvgIpc) is 2.03. The normalized spacial score (nSPS) is 30.1. The molecular weight excluding hydrogens is 158 g/mol. The van der Waals surface area contributed by atoms with Gasteiger partial charge in [-0.25, -0.2) is 0 Å². The summed E-state index contributed by atoms with van der Waals surface area (Å²) in [7, 11) is 0. The van der Waals surface area contributed by atoms with Crippen LogP contribution in [0.25, 0.3) is 0 Å². The Morgan fingerprint density at radius 3 is 2.83 bits per heavy atom. The third-order valence-corrected chi connectivity index (χ3v) is 1.99. The molecule has 12 heavy (non-hydrogen) atoms. The van der Waals surface area contributed by atoms with E-state index >= 15 is 0 Å². The fraction of sp³-hybridized carbons (Fsp3) is 0.875. The summed E-state index contributed by atoms with van der Waals surface area (Å²) in [5.74, 6) is -0.793. The van der Waals surface area contributed by atoms with E-state index in [9.17, 15) is 4.79 Å². The third kappa shape index (κ3) is 2.79.